The van der Waals surface area contributed by atoms with Gasteiger partial charge in [0.25, 0.3) is 0 Å². The highest BCUT2D eigenvalue weighted by Gasteiger charge is 2.17. The molecule has 116 valence electrons. The van der Waals surface area contributed by atoms with Crippen LogP contribution < -0.4 is 5.73 Å². The lowest BCUT2D eigenvalue weighted by Crippen LogP contribution is -2.10. The number of nitrogen functional groups attached to an aromatic ring is 1. The first-order chi connectivity index (χ1) is 10.3. The third kappa shape index (κ3) is 3.06. The van der Waals surface area contributed by atoms with Crippen molar-refractivity contribution in [1.29, 1.82) is 0 Å². The van der Waals surface area contributed by atoms with E-state index in [1.807, 2.05) is 24.3 Å². The summed E-state index contributed by atoms with van der Waals surface area (Å²) in [6, 6.07) is 7.77. The smallest absolute Gasteiger partial charge is 0.163 e. The highest BCUT2D eigenvalue weighted by molar-refractivity contribution is 5.99. The van der Waals surface area contributed by atoms with Crippen LogP contribution in [0.15, 0.2) is 24.3 Å². The summed E-state index contributed by atoms with van der Waals surface area (Å²) in [6.07, 6.45) is 1.25. The van der Waals surface area contributed by atoms with Crippen LogP contribution in [-0.4, -0.2) is 5.78 Å². The summed E-state index contributed by atoms with van der Waals surface area (Å²) in [5.74, 6) is 0.226. The average Bonchev–Trinajstić information content (AvgIpc) is 2.49. The SMILES string of the molecule is Cc1c(C)c(C)c(C(=O)CCc2cccc(N)c2)c(C)c1C. The van der Waals surface area contributed by atoms with Gasteiger partial charge in [-0.15, -0.1) is 0 Å². The standard InChI is InChI=1S/C20H25NO/c1-12-13(2)15(4)20(16(5)14(12)3)19(22)10-9-17-7-6-8-18(21)11-17/h6-8,11H,9-10,21H2,1-5H3. The van der Waals surface area contributed by atoms with Crippen LogP contribution in [-0.2, 0) is 6.42 Å². The van der Waals surface area contributed by atoms with Crippen molar-refractivity contribution in [2.45, 2.75) is 47.5 Å². The molecule has 0 radical (unpaired) electrons. The van der Waals surface area contributed by atoms with E-state index in [1.165, 1.54) is 16.7 Å². The predicted molar refractivity (Wildman–Crippen MR) is 93.6 cm³/mol. The Balaban J connectivity index is 2.27. The predicted octanol–water partition coefficient (Wildman–Crippen LogP) is 4.63. The van der Waals surface area contributed by atoms with E-state index in [0.29, 0.717) is 6.42 Å². The maximum atomic E-state index is 12.7. The number of rotatable bonds is 4. The van der Waals surface area contributed by atoms with Crippen molar-refractivity contribution >= 4 is 11.5 Å². The first-order valence-electron chi connectivity index (χ1n) is 7.77. The fourth-order valence-corrected chi connectivity index (χ4v) is 3.05. The number of carbonyl (C=O) groups excluding carboxylic acids is 1. The highest BCUT2D eigenvalue weighted by atomic mass is 16.1. The first kappa shape index (κ1) is 16.3. The number of hydrogen-bond acceptors (Lipinski definition) is 2. The van der Waals surface area contributed by atoms with Crippen LogP contribution in [0.4, 0.5) is 5.69 Å². The summed E-state index contributed by atoms with van der Waals surface area (Å²) in [6.45, 7) is 10.5. The van der Waals surface area contributed by atoms with E-state index in [0.717, 1.165) is 34.4 Å². The van der Waals surface area contributed by atoms with Crippen LogP contribution in [0.5, 0.6) is 0 Å². The van der Waals surface area contributed by atoms with Gasteiger partial charge in [0.15, 0.2) is 5.78 Å². The van der Waals surface area contributed by atoms with Gasteiger partial charge in [-0.3, -0.25) is 4.79 Å². The molecule has 0 aliphatic carbocycles. The number of aryl methyl sites for hydroxylation is 1. The van der Waals surface area contributed by atoms with Crippen LogP contribution in [0.3, 0.4) is 0 Å². The Morgan fingerprint density at radius 1 is 0.909 bits per heavy atom. The zero-order valence-electron chi connectivity index (χ0n) is 14.2. The average molecular weight is 295 g/mol. The summed E-state index contributed by atoms with van der Waals surface area (Å²) in [5.41, 5.74) is 14.6. The summed E-state index contributed by atoms with van der Waals surface area (Å²) in [5, 5.41) is 0. The highest BCUT2D eigenvalue weighted by Crippen LogP contribution is 2.27. The summed E-state index contributed by atoms with van der Waals surface area (Å²) in [4.78, 5) is 12.7. The van der Waals surface area contributed by atoms with Crippen LogP contribution in [0.2, 0.25) is 0 Å². The lowest BCUT2D eigenvalue weighted by molar-refractivity contribution is 0.0981. The summed E-state index contributed by atoms with van der Waals surface area (Å²) in [7, 11) is 0. The zero-order valence-corrected chi connectivity index (χ0v) is 14.2. The molecule has 0 atom stereocenters. The molecule has 0 saturated heterocycles. The van der Waals surface area contributed by atoms with Gasteiger partial charge >= 0.3 is 0 Å². The Morgan fingerprint density at radius 3 is 2.00 bits per heavy atom. The van der Waals surface area contributed by atoms with E-state index in [2.05, 4.69) is 34.6 Å². The van der Waals surface area contributed by atoms with Gasteiger partial charge in [0, 0.05) is 17.7 Å². The number of hydrogen-bond donors (Lipinski definition) is 1. The lowest BCUT2D eigenvalue weighted by atomic mass is 9.86. The third-order valence-corrected chi connectivity index (χ3v) is 4.87. The second kappa shape index (κ2) is 6.35. The van der Waals surface area contributed by atoms with E-state index in [1.54, 1.807) is 0 Å². The molecule has 0 aliphatic rings. The van der Waals surface area contributed by atoms with Crippen LogP contribution in [0.1, 0.15) is 50.2 Å². The molecule has 0 amide bonds. The molecule has 2 rings (SSSR count). The molecule has 0 bridgehead atoms. The molecule has 0 spiro atoms. The van der Waals surface area contributed by atoms with Gasteiger partial charge in [-0.25, -0.2) is 0 Å². The normalized spacial score (nSPS) is 10.8. The Labute approximate surface area is 133 Å². The number of benzene rings is 2. The zero-order chi connectivity index (χ0) is 16.4. The molecule has 0 saturated carbocycles. The van der Waals surface area contributed by atoms with Crippen molar-refractivity contribution in [1.82, 2.24) is 0 Å². The summed E-state index contributed by atoms with van der Waals surface area (Å²) >= 11 is 0. The van der Waals surface area contributed by atoms with Crippen molar-refractivity contribution in [3.8, 4) is 0 Å². The van der Waals surface area contributed by atoms with E-state index < -0.39 is 0 Å². The molecule has 2 nitrogen and oxygen atoms in total. The largest absolute Gasteiger partial charge is 0.399 e. The van der Waals surface area contributed by atoms with E-state index in [-0.39, 0.29) is 5.78 Å². The Bertz CT molecular complexity index is 700. The fourth-order valence-electron chi connectivity index (χ4n) is 3.05. The topological polar surface area (TPSA) is 43.1 Å². The van der Waals surface area contributed by atoms with Gasteiger partial charge in [-0.05, 0) is 86.6 Å². The quantitative estimate of drug-likeness (QED) is 0.660. The van der Waals surface area contributed by atoms with Crippen LogP contribution in [0.25, 0.3) is 0 Å². The molecule has 0 unspecified atom stereocenters. The van der Waals surface area contributed by atoms with Gasteiger partial charge < -0.3 is 5.73 Å². The van der Waals surface area contributed by atoms with Gasteiger partial charge in [0.1, 0.15) is 0 Å². The monoisotopic (exact) mass is 295 g/mol. The van der Waals surface area contributed by atoms with E-state index >= 15 is 0 Å². The van der Waals surface area contributed by atoms with Crippen molar-refractivity contribution in [2.24, 2.45) is 0 Å². The Morgan fingerprint density at radius 2 is 1.45 bits per heavy atom. The van der Waals surface area contributed by atoms with Crippen molar-refractivity contribution in [2.75, 3.05) is 5.73 Å². The van der Waals surface area contributed by atoms with Crippen molar-refractivity contribution in [3.05, 3.63) is 63.2 Å². The Hall–Kier alpha value is -2.09. The number of Topliss-reactive ketones (excluding diaryl/α,β-unsaturated/α-hetero) is 1. The molecule has 2 aromatic carbocycles. The van der Waals surface area contributed by atoms with Crippen molar-refractivity contribution in [3.63, 3.8) is 0 Å². The minimum atomic E-state index is 0.226. The lowest BCUT2D eigenvalue weighted by Gasteiger charge is -2.18. The van der Waals surface area contributed by atoms with Gasteiger partial charge in [-0.2, -0.15) is 0 Å². The van der Waals surface area contributed by atoms with Gasteiger partial charge in [-0.1, -0.05) is 12.1 Å². The number of nitrogens with two attached hydrogens (primary N) is 1. The second-order valence-corrected chi connectivity index (χ2v) is 6.17. The molecule has 0 heterocycles. The maximum Gasteiger partial charge on any atom is 0.163 e. The minimum Gasteiger partial charge on any atom is -0.399 e. The number of carbonyl (C=O) groups is 1. The molecular formula is C20H25NO. The maximum absolute atomic E-state index is 12.7. The third-order valence-electron chi connectivity index (χ3n) is 4.87. The van der Waals surface area contributed by atoms with Crippen LogP contribution >= 0.6 is 0 Å². The molecule has 2 aromatic rings. The molecule has 2 N–H and O–H groups in total. The summed E-state index contributed by atoms with van der Waals surface area (Å²) < 4.78 is 0. The first-order valence-corrected chi connectivity index (χ1v) is 7.77. The molecule has 22 heavy (non-hydrogen) atoms. The van der Waals surface area contributed by atoms with Crippen molar-refractivity contribution < 1.29 is 4.79 Å². The molecule has 0 aliphatic heterocycles. The van der Waals surface area contributed by atoms with Gasteiger partial charge in [0.2, 0.25) is 0 Å². The molecular weight excluding hydrogens is 270 g/mol. The molecule has 0 fully saturated rings. The second-order valence-electron chi connectivity index (χ2n) is 6.17. The van der Waals surface area contributed by atoms with E-state index in [9.17, 15) is 4.79 Å². The minimum absolute atomic E-state index is 0.226. The molecule has 0 aromatic heterocycles. The van der Waals surface area contributed by atoms with Gasteiger partial charge in [0.05, 0.1) is 0 Å². The fraction of sp³-hybridized carbons (Fsp3) is 0.350. The number of anilines is 1. The van der Waals surface area contributed by atoms with Crippen LogP contribution in [0, 0.1) is 34.6 Å². The van der Waals surface area contributed by atoms with E-state index in [4.69, 9.17) is 5.73 Å². The Kier molecular flexibility index (Phi) is 4.70. The molecule has 2 heteroatoms. The number of ketones is 1.